The van der Waals surface area contributed by atoms with Gasteiger partial charge in [0.05, 0.1) is 18.4 Å². The number of aromatic nitrogens is 3. The molecule has 32 heavy (non-hydrogen) atoms. The molecule has 1 amide bonds. The number of hydrogen-bond acceptors (Lipinski definition) is 6. The number of nitrogens with zero attached hydrogens (tertiary/aromatic N) is 3. The maximum Gasteiger partial charge on any atom is 0.313 e. The number of rotatable bonds is 10. The van der Waals surface area contributed by atoms with E-state index in [-0.39, 0.29) is 18.3 Å². The monoisotopic (exact) mass is 472 g/mol. The summed E-state index contributed by atoms with van der Waals surface area (Å²) < 4.78 is 6.92. The van der Waals surface area contributed by atoms with Gasteiger partial charge < -0.3 is 14.6 Å². The van der Waals surface area contributed by atoms with Crippen LogP contribution in [0.3, 0.4) is 0 Å². The summed E-state index contributed by atoms with van der Waals surface area (Å²) in [4.78, 5) is 24.7. The molecule has 7 nitrogen and oxygen atoms in total. The number of esters is 1. The number of ether oxygens (including phenoxy) is 1. The highest BCUT2D eigenvalue weighted by atomic mass is 35.5. The van der Waals surface area contributed by atoms with E-state index < -0.39 is 5.25 Å². The number of amides is 1. The van der Waals surface area contributed by atoms with Crippen LogP contribution in [0.2, 0.25) is 5.02 Å². The van der Waals surface area contributed by atoms with Crippen molar-refractivity contribution in [2.45, 2.75) is 43.8 Å². The summed E-state index contributed by atoms with van der Waals surface area (Å²) in [6, 6.07) is 17.2. The lowest BCUT2D eigenvalue weighted by atomic mass is 10.2. The Morgan fingerprint density at radius 3 is 2.56 bits per heavy atom. The molecular formula is C23H25ClN4O3S. The minimum absolute atomic E-state index is 0.0152. The van der Waals surface area contributed by atoms with Crippen molar-refractivity contribution in [3.63, 3.8) is 0 Å². The molecule has 0 radical (unpaired) electrons. The van der Waals surface area contributed by atoms with Gasteiger partial charge in [0, 0.05) is 11.6 Å². The smallest absolute Gasteiger partial charge is 0.313 e. The van der Waals surface area contributed by atoms with E-state index in [2.05, 4.69) is 15.5 Å². The largest absolute Gasteiger partial charge is 0.466 e. The van der Waals surface area contributed by atoms with Gasteiger partial charge in [0.2, 0.25) is 5.91 Å². The molecule has 0 saturated heterocycles. The average molecular weight is 473 g/mol. The van der Waals surface area contributed by atoms with E-state index >= 15 is 0 Å². The average Bonchev–Trinajstić information content (AvgIpc) is 3.14. The predicted octanol–water partition coefficient (Wildman–Crippen LogP) is 3.88. The lowest BCUT2D eigenvalue weighted by Crippen LogP contribution is -2.30. The van der Waals surface area contributed by atoms with Crippen molar-refractivity contribution in [2.24, 2.45) is 0 Å². The van der Waals surface area contributed by atoms with Crippen LogP contribution < -0.4 is 5.32 Å². The van der Waals surface area contributed by atoms with Gasteiger partial charge >= 0.3 is 5.97 Å². The third-order valence-corrected chi connectivity index (χ3v) is 6.10. The van der Waals surface area contributed by atoms with E-state index in [1.54, 1.807) is 19.9 Å². The fourth-order valence-electron chi connectivity index (χ4n) is 2.98. The molecule has 0 saturated carbocycles. The second-order valence-electron chi connectivity index (χ2n) is 7.02. The second-order valence-corrected chi connectivity index (χ2v) is 8.74. The van der Waals surface area contributed by atoms with Crippen molar-refractivity contribution in [2.75, 3.05) is 6.61 Å². The van der Waals surface area contributed by atoms with Gasteiger partial charge in [-0.15, -0.1) is 10.2 Å². The number of carbonyl (C=O) groups is 2. The van der Waals surface area contributed by atoms with Crippen LogP contribution in [0.25, 0.3) is 0 Å². The fraction of sp³-hybridized carbons (Fsp3) is 0.304. The van der Waals surface area contributed by atoms with Gasteiger partial charge in [-0.3, -0.25) is 9.59 Å². The molecule has 1 N–H and O–H groups in total. The third-order valence-electron chi connectivity index (χ3n) is 4.65. The number of carbonyl (C=O) groups excluding carboxylic acids is 2. The maximum atomic E-state index is 12.7. The normalized spacial score (nSPS) is 11.7. The third kappa shape index (κ3) is 6.58. The Morgan fingerprint density at radius 2 is 1.84 bits per heavy atom. The summed E-state index contributed by atoms with van der Waals surface area (Å²) in [6.45, 7) is 4.69. The molecule has 3 rings (SSSR count). The highest BCUT2D eigenvalue weighted by Gasteiger charge is 2.22. The Kier molecular flexibility index (Phi) is 8.70. The van der Waals surface area contributed by atoms with Crippen LogP contribution in [0.1, 0.15) is 30.8 Å². The zero-order valence-electron chi connectivity index (χ0n) is 18.0. The van der Waals surface area contributed by atoms with Crippen molar-refractivity contribution >= 4 is 35.2 Å². The van der Waals surface area contributed by atoms with Crippen molar-refractivity contribution in [3.05, 3.63) is 76.6 Å². The molecule has 0 spiro atoms. The van der Waals surface area contributed by atoms with Crippen LogP contribution in [0, 0.1) is 0 Å². The molecule has 1 unspecified atom stereocenters. The summed E-state index contributed by atoms with van der Waals surface area (Å²) >= 11 is 7.46. The molecule has 3 aromatic rings. The van der Waals surface area contributed by atoms with E-state index in [1.165, 1.54) is 11.8 Å². The summed E-state index contributed by atoms with van der Waals surface area (Å²) in [6.07, 6.45) is 0.0152. The van der Waals surface area contributed by atoms with Gasteiger partial charge in [-0.25, -0.2) is 0 Å². The Hall–Kier alpha value is -2.84. The topological polar surface area (TPSA) is 86.1 Å². The van der Waals surface area contributed by atoms with E-state index in [9.17, 15) is 9.59 Å². The molecule has 0 bridgehead atoms. The lowest BCUT2D eigenvalue weighted by molar-refractivity contribution is -0.142. The van der Waals surface area contributed by atoms with Crippen molar-refractivity contribution in [1.82, 2.24) is 20.1 Å². The molecule has 1 heterocycles. The Bertz CT molecular complexity index is 1060. The Morgan fingerprint density at radius 1 is 1.12 bits per heavy atom. The highest BCUT2D eigenvalue weighted by Crippen LogP contribution is 2.24. The van der Waals surface area contributed by atoms with Crippen LogP contribution in [-0.2, 0) is 33.8 Å². The van der Waals surface area contributed by atoms with Gasteiger partial charge in [-0.1, -0.05) is 71.9 Å². The molecule has 0 aliphatic heterocycles. The number of halogens is 1. The zero-order chi connectivity index (χ0) is 22.9. The first-order chi connectivity index (χ1) is 15.5. The minimum Gasteiger partial charge on any atom is -0.466 e. The SMILES string of the molecule is CCOC(=O)Cc1nnc(SC(C)C(=O)NCc2ccccc2Cl)n1Cc1ccccc1. The highest BCUT2D eigenvalue weighted by molar-refractivity contribution is 8.00. The van der Waals surface area contributed by atoms with Gasteiger partial charge in [0.15, 0.2) is 5.16 Å². The Balaban J connectivity index is 1.72. The van der Waals surface area contributed by atoms with Crippen LogP contribution in [0.4, 0.5) is 0 Å². The van der Waals surface area contributed by atoms with Crippen LogP contribution in [-0.4, -0.2) is 38.5 Å². The molecule has 0 fully saturated rings. The molecule has 9 heteroatoms. The van der Waals surface area contributed by atoms with Gasteiger partial charge in [-0.2, -0.15) is 0 Å². The first kappa shape index (κ1) is 23.8. The zero-order valence-corrected chi connectivity index (χ0v) is 19.5. The molecular weight excluding hydrogens is 448 g/mol. The number of thioether (sulfide) groups is 1. The molecule has 2 aromatic carbocycles. The van der Waals surface area contributed by atoms with Crippen LogP contribution in [0.15, 0.2) is 59.8 Å². The first-order valence-electron chi connectivity index (χ1n) is 10.3. The maximum absolute atomic E-state index is 12.7. The van der Waals surface area contributed by atoms with Crippen molar-refractivity contribution in [3.8, 4) is 0 Å². The number of benzene rings is 2. The minimum atomic E-state index is -0.424. The van der Waals surface area contributed by atoms with Crippen molar-refractivity contribution in [1.29, 1.82) is 0 Å². The van der Waals surface area contributed by atoms with E-state index in [4.69, 9.17) is 16.3 Å². The summed E-state index contributed by atoms with van der Waals surface area (Å²) in [5, 5.41) is 12.1. The van der Waals surface area contributed by atoms with Gasteiger partial charge in [0.25, 0.3) is 0 Å². The van der Waals surface area contributed by atoms with Gasteiger partial charge in [-0.05, 0) is 31.0 Å². The number of hydrogen-bond donors (Lipinski definition) is 1. The standard InChI is InChI=1S/C23H25ClN4O3S/c1-3-31-21(29)13-20-26-27-23(28(20)15-17-9-5-4-6-10-17)32-16(2)22(30)25-14-18-11-7-8-12-19(18)24/h4-12,16H,3,13-15H2,1-2H3,(H,25,30). The summed E-state index contributed by atoms with van der Waals surface area (Å²) in [5.74, 6) is -0.00843. The predicted molar refractivity (Wildman–Crippen MR) is 125 cm³/mol. The van der Waals surface area contributed by atoms with E-state index in [0.717, 1.165) is 11.1 Å². The van der Waals surface area contributed by atoms with Crippen LogP contribution in [0.5, 0.6) is 0 Å². The van der Waals surface area contributed by atoms with Crippen LogP contribution >= 0.6 is 23.4 Å². The molecule has 0 aliphatic carbocycles. The molecule has 168 valence electrons. The molecule has 1 atom stereocenters. The lowest BCUT2D eigenvalue weighted by Gasteiger charge is -2.14. The first-order valence-corrected chi connectivity index (χ1v) is 11.5. The molecule has 1 aromatic heterocycles. The molecule has 0 aliphatic rings. The summed E-state index contributed by atoms with van der Waals surface area (Å²) in [5.41, 5.74) is 1.89. The quantitative estimate of drug-likeness (QED) is 0.356. The van der Waals surface area contributed by atoms with Crippen molar-refractivity contribution < 1.29 is 14.3 Å². The second kappa shape index (κ2) is 11.7. The summed E-state index contributed by atoms with van der Waals surface area (Å²) in [7, 11) is 0. The number of nitrogens with one attached hydrogen (secondary N) is 1. The Labute approximate surface area is 196 Å². The van der Waals surface area contributed by atoms with E-state index in [0.29, 0.717) is 35.7 Å². The fourth-order valence-corrected chi connectivity index (χ4v) is 4.08. The van der Waals surface area contributed by atoms with E-state index in [1.807, 2.05) is 53.1 Å². The van der Waals surface area contributed by atoms with Gasteiger partial charge in [0.1, 0.15) is 12.2 Å².